The maximum absolute atomic E-state index is 11.7. The van der Waals surface area contributed by atoms with E-state index in [-0.39, 0.29) is 17.9 Å². The molecule has 0 bridgehead atoms. The van der Waals surface area contributed by atoms with Crippen LogP contribution in [0.3, 0.4) is 0 Å². The summed E-state index contributed by atoms with van der Waals surface area (Å²) in [7, 11) is 0. The maximum atomic E-state index is 11.7. The van der Waals surface area contributed by atoms with E-state index in [1.165, 1.54) is 12.1 Å². The van der Waals surface area contributed by atoms with Crippen molar-refractivity contribution < 1.29 is 19.2 Å². The van der Waals surface area contributed by atoms with Gasteiger partial charge in [0, 0.05) is 12.1 Å². The van der Waals surface area contributed by atoms with Gasteiger partial charge in [0.25, 0.3) is 11.5 Å². The molecule has 0 saturated heterocycles. The molecule has 0 amide bonds. The standard InChI is InChI=1S/C12H10N2O5/c1-2-19-12(16)11(15)10(7-13)8-3-5-9(6-4-8)14(17)18/h3-6,10H,2H2,1H3. The summed E-state index contributed by atoms with van der Waals surface area (Å²) >= 11 is 0. The van der Waals surface area contributed by atoms with E-state index < -0.39 is 22.6 Å². The zero-order chi connectivity index (χ0) is 14.4. The molecule has 1 atom stereocenters. The van der Waals surface area contributed by atoms with Crippen LogP contribution >= 0.6 is 0 Å². The Kier molecular flexibility index (Phi) is 4.71. The molecule has 7 nitrogen and oxygen atoms in total. The Hall–Kier alpha value is -2.75. The van der Waals surface area contributed by atoms with E-state index in [0.717, 1.165) is 12.1 Å². The van der Waals surface area contributed by atoms with E-state index in [1.807, 2.05) is 0 Å². The van der Waals surface area contributed by atoms with Gasteiger partial charge in [-0.15, -0.1) is 0 Å². The van der Waals surface area contributed by atoms with Gasteiger partial charge in [-0.05, 0) is 12.5 Å². The van der Waals surface area contributed by atoms with Crippen molar-refractivity contribution >= 4 is 17.4 Å². The van der Waals surface area contributed by atoms with Gasteiger partial charge in [-0.25, -0.2) is 4.79 Å². The van der Waals surface area contributed by atoms with Gasteiger partial charge in [0.2, 0.25) is 0 Å². The molecule has 1 aromatic rings. The molecule has 1 unspecified atom stereocenters. The molecule has 0 spiro atoms. The van der Waals surface area contributed by atoms with Crippen LogP contribution in [-0.4, -0.2) is 23.3 Å². The molecular formula is C12H10N2O5. The van der Waals surface area contributed by atoms with Gasteiger partial charge in [-0.3, -0.25) is 14.9 Å². The van der Waals surface area contributed by atoms with Crippen molar-refractivity contribution in [3.63, 3.8) is 0 Å². The summed E-state index contributed by atoms with van der Waals surface area (Å²) in [6.07, 6.45) is 0. The molecule has 0 radical (unpaired) electrons. The summed E-state index contributed by atoms with van der Waals surface area (Å²) in [6, 6.07) is 6.55. The number of benzene rings is 1. The van der Waals surface area contributed by atoms with Crippen LogP contribution in [-0.2, 0) is 14.3 Å². The van der Waals surface area contributed by atoms with E-state index in [1.54, 1.807) is 13.0 Å². The molecule has 98 valence electrons. The van der Waals surface area contributed by atoms with E-state index >= 15 is 0 Å². The number of nitriles is 1. The first kappa shape index (κ1) is 14.3. The van der Waals surface area contributed by atoms with Gasteiger partial charge in [0.1, 0.15) is 5.92 Å². The second kappa shape index (κ2) is 6.26. The van der Waals surface area contributed by atoms with Gasteiger partial charge >= 0.3 is 5.97 Å². The Bertz CT molecular complexity index is 544. The molecule has 0 aliphatic rings. The van der Waals surface area contributed by atoms with E-state index in [0.29, 0.717) is 0 Å². The van der Waals surface area contributed by atoms with Gasteiger partial charge < -0.3 is 4.74 Å². The molecule has 7 heteroatoms. The first-order valence-corrected chi connectivity index (χ1v) is 5.36. The largest absolute Gasteiger partial charge is 0.460 e. The number of ketones is 1. The minimum atomic E-state index is -1.32. The summed E-state index contributed by atoms with van der Waals surface area (Å²) in [4.78, 5) is 32.8. The smallest absolute Gasteiger partial charge is 0.376 e. The molecule has 0 aromatic heterocycles. The first-order chi connectivity index (χ1) is 9.01. The number of esters is 1. The number of rotatable bonds is 5. The molecule has 0 fully saturated rings. The minimum Gasteiger partial charge on any atom is -0.460 e. The molecule has 0 aliphatic carbocycles. The van der Waals surface area contributed by atoms with Crippen molar-refractivity contribution in [1.29, 1.82) is 5.26 Å². The molecule has 0 aliphatic heterocycles. The monoisotopic (exact) mass is 262 g/mol. The second-order valence-electron chi connectivity index (χ2n) is 3.50. The number of hydrogen-bond acceptors (Lipinski definition) is 6. The Morgan fingerprint density at radius 1 is 1.42 bits per heavy atom. The van der Waals surface area contributed by atoms with E-state index in [4.69, 9.17) is 5.26 Å². The number of carbonyl (C=O) groups excluding carboxylic acids is 2. The topological polar surface area (TPSA) is 110 Å². The predicted octanol–water partition coefficient (Wildman–Crippen LogP) is 1.33. The highest BCUT2D eigenvalue weighted by molar-refractivity contribution is 6.36. The quantitative estimate of drug-likeness (QED) is 0.342. The third kappa shape index (κ3) is 3.35. The Morgan fingerprint density at radius 2 is 2.00 bits per heavy atom. The van der Waals surface area contributed by atoms with Crippen molar-refractivity contribution in [3.05, 3.63) is 39.9 Å². The van der Waals surface area contributed by atoms with Crippen LogP contribution < -0.4 is 0 Å². The summed E-state index contributed by atoms with van der Waals surface area (Å²) < 4.78 is 4.52. The molecule has 19 heavy (non-hydrogen) atoms. The van der Waals surface area contributed by atoms with Gasteiger partial charge in [0.15, 0.2) is 0 Å². The normalized spacial score (nSPS) is 11.2. The summed E-state index contributed by atoms with van der Waals surface area (Å²) in [5.74, 6) is -3.40. The lowest BCUT2D eigenvalue weighted by Gasteiger charge is -2.07. The van der Waals surface area contributed by atoms with Crippen LogP contribution in [0.2, 0.25) is 0 Å². The van der Waals surface area contributed by atoms with E-state index in [2.05, 4.69) is 4.74 Å². The highest BCUT2D eigenvalue weighted by Crippen LogP contribution is 2.20. The van der Waals surface area contributed by atoms with Gasteiger partial charge in [-0.1, -0.05) is 12.1 Å². The third-order valence-corrected chi connectivity index (χ3v) is 2.31. The van der Waals surface area contributed by atoms with Crippen molar-refractivity contribution in [2.75, 3.05) is 6.61 Å². The average Bonchev–Trinajstić information content (AvgIpc) is 2.40. The number of ether oxygens (including phenoxy) is 1. The zero-order valence-corrected chi connectivity index (χ0v) is 10.0. The molecule has 0 N–H and O–H groups in total. The highest BCUT2D eigenvalue weighted by Gasteiger charge is 2.28. The van der Waals surface area contributed by atoms with Crippen molar-refractivity contribution in [1.82, 2.24) is 0 Å². The average molecular weight is 262 g/mol. The summed E-state index contributed by atoms with van der Waals surface area (Å²) in [5.41, 5.74) is 0.0511. The van der Waals surface area contributed by atoms with Gasteiger partial charge in [-0.2, -0.15) is 5.26 Å². The lowest BCUT2D eigenvalue weighted by molar-refractivity contribution is -0.384. The molecule has 0 heterocycles. The molecule has 1 aromatic carbocycles. The number of nitro benzene ring substituents is 1. The molecular weight excluding hydrogens is 252 g/mol. The van der Waals surface area contributed by atoms with Gasteiger partial charge in [0.05, 0.1) is 17.6 Å². The van der Waals surface area contributed by atoms with Crippen molar-refractivity contribution in [2.45, 2.75) is 12.8 Å². The van der Waals surface area contributed by atoms with Crippen LogP contribution in [0.4, 0.5) is 5.69 Å². The number of hydrogen-bond donors (Lipinski definition) is 0. The molecule has 0 saturated carbocycles. The Labute approximate surface area is 108 Å². The highest BCUT2D eigenvalue weighted by atomic mass is 16.6. The van der Waals surface area contributed by atoms with Crippen molar-refractivity contribution in [2.24, 2.45) is 0 Å². The number of non-ortho nitro benzene ring substituents is 1. The fourth-order valence-electron chi connectivity index (χ4n) is 1.39. The molecule has 1 rings (SSSR count). The summed E-state index contributed by atoms with van der Waals surface area (Å²) in [5, 5.41) is 19.4. The van der Waals surface area contributed by atoms with Crippen LogP contribution in [0.1, 0.15) is 18.4 Å². The fourth-order valence-corrected chi connectivity index (χ4v) is 1.39. The van der Waals surface area contributed by atoms with Crippen molar-refractivity contribution in [3.8, 4) is 6.07 Å². The van der Waals surface area contributed by atoms with Crippen LogP contribution in [0.5, 0.6) is 0 Å². The summed E-state index contributed by atoms with van der Waals surface area (Å²) in [6.45, 7) is 1.57. The second-order valence-corrected chi connectivity index (χ2v) is 3.50. The SMILES string of the molecule is CCOC(=O)C(=O)C(C#N)c1ccc([N+](=O)[O-])cc1. The Morgan fingerprint density at radius 3 is 2.42 bits per heavy atom. The number of nitro groups is 1. The number of Topliss-reactive ketones (excluding diaryl/α,β-unsaturated/α-hetero) is 1. The number of nitrogens with zero attached hydrogens (tertiary/aromatic N) is 2. The lowest BCUT2D eigenvalue weighted by Crippen LogP contribution is -2.23. The van der Waals surface area contributed by atoms with Crippen LogP contribution in [0.25, 0.3) is 0 Å². The third-order valence-electron chi connectivity index (χ3n) is 2.31. The predicted molar refractivity (Wildman–Crippen MR) is 63.1 cm³/mol. The fraction of sp³-hybridized carbons (Fsp3) is 0.250. The van der Waals surface area contributed by atoms with Crippen LogP contribution in [0, 0.1) is 21.4 Å². The first-order valence-electron chi connectivity index (χ1n) is 5.36. The number of carbonyl (C=O) groups is 2. The van der Waals surface area contributed by atoms with Crippen LogP contribution in [0.15, 0.2) is 24.3 Å². The van der Waals surface area contributed by atoms with E-state index in [9.17, 15) is 19.7 Å². The lowest BCUT2D eigenvalue weighted by atomic mass is 9.96. The Balaban J connectivity index is 2.98. The maximum Gasteiger partial charge on any atom is 0.376 e. The minimum absolute atomic E-state index is 0.0307. The zero-order valence-electron chi connectivity index (χ0n) is 10.0.